The predicted molar refractivity (Wildman–Crippen MR) is 42.1 cm³/mol. The van der Waals surface area contributed by atoms with Crippen LogP contribution in [-0.4, -0.2) is 5.97 Å². The van der Waals surface area contributed by atoms with Gasteiger partial charge in [-0.3, -0.25) is 0 Å². The second-order valence-corrected chi connectivity index (χ2v) is 2.02. The summed E-state index contributed by atoms with van der Waals surface area (Å²) in [6.45, 7) is 1.61. The van der Waals surface area contributed by atoms with Gasteiger partial charge in [0.2, 0.25) is 5.41 Å². The first-order valence-electron chi connectivity index (χ1n) is 3.22. The van der Waals surface area contributed by atoms with Crippen LogP contribution < -0.4 is 0 Å². The number of ether oxygens (including phenoxy) is 1. The third-order valence-electron chi connectivity index (χ3n) is 1.47. The molecule has 0 saturated carbocycles. The van der Waals surface area contributed by atoms with Crippen molar-refractivity contribution >= 4 is 5.97 Å². The molecule has 1 atom stereocenters. The van der Waals surface area contributed by atoms with Gasteiger partial charge in [-0.05, 0) is 6.42 Å². The Kier molecular flexibility index (Phi) is 3.41. The van der Waals surface area contributed by atoms with Crippen LogP contribution in [0.25, 0.3) is 0 Å². The van der Waals surface area contributed by atoms with Crippen molar-refractivity contribution in [1.29, 1.82) is 5.26 Å². The molecule has 12 heavy (non-hydrogen) atoms. The Balaban J connectivity index is 4.81. The van der Waals surface area contributed by atoms with Crippen LogP contribution in [0.2, 0.25) is 0 Å². The first kappa shape index (κ1) is 10.1. The largest absolute Gasteiger partial charge is 0.370 e. The molecule has 0 spiro atoms. The van der Waals surface area contributed by atoms with E-state index in [-0.39, 0.29) is 6.42 Å². The third kappa shape index (κ3) is 1.57. The van der Waals surface area contributed by atoms with Crippen molar-refractivity contribution in [2.75, 3.05) is 0 Å². The van der Waals surface area contributed by atoms with Crippen LogP contribution in [0.15, 0.2) is 0 Å². The van der Waals surface area contributed by atoms with Crippen molar-refractivity contribution < 1.29 is 9.53 Å². The molecule has 0 saturated heterocycles. The summed E-state index contributed by atoms with van der Waals surface area (Å²) >= 11 is 0. The monoisotopic (exact) mass is 161 g/mol. The molecule has 0 aliphatic heterocycles. The minimum absolute atomic E-state index is 0.181. The van der Waals surface area contributed by atoms with Crippen molar-refractivity contribution in [1.82, 2.24) is 0 Å². The van der Waals surface area contributed by atoms with E-state index in [9.17, 15) is 4.79 Å². The second-order valence-electron chi connectivity index (χ2n) is 2.02. The summed E-state index contributed by atoms with van der Waals surface area (Å²) in [5.41, 5.74) is -1.54. The SMILES string of the molecule is C#COC(=O)C(C#C)(C#N)CC. The second kappa shape index (κ2) is 4.06. The van der Waals surface area contributed by atoms with Crippen molar-refractivity contribution in [3.63, 3.8) is 0 Å². The van der Waals surface area contributed by atoms with Crippen LogP contribution >= 0.6 is 0 Å². The fourth-order valence-electron chi connectivity index (χ4n) is 0.603. The Morgan fingerprint density at radius 1 is 1.67 bits per heavy atom. The van der Waals surface area contributed by atoms with Crippen LogP contribution in [0.5, 0.6) is 0 Å². The van der Waals surface area contributed by atoms with Gasteiger partial charge in [0, 0.05) is 0 Å². The van der Waals surface area contributed by atoms with E-state index in [1.807, 2.05) is 0 Å². The molecule has 60 valence electrons. The molecule has 0 amide bonds. The standard InChI is InChI=1S/C9H7NO2/c1-4-9(5-2,7-10)8(11)12-6-3/h1,3H,5H2,2H3. The number of carbonyl (C=O) groups is 1. The summed E-state index contributed by atoms with van der Waals surface area (Å²) in [5.74, 6) is 1.20. The number of carbonyl (C=O) groups excluding carboxylic acids is 1. The van der Waals surface area contributed by atoms with Gasteiger partial charge in [-0.25, -0.2) is 4.79 Å². The van der Waals surface area contributed by atoms with E-state index in [0.29, 0.717) is 0 Å². The molecule has 0 bridgehead atoms. The average molecular weight is 161 g/mol. The highest BCUT2D eigenvalue weighted by Crippen LogP contribution is 2.21. The van der Waals surface area contributed by atoms with Crippen molar-refractivity contribution in [3.05, 3.63) is 0 Å². The van der Waals surface area contributed by atoms with Crippen LogP contribution in [0.1, 0.15) is 13.3 Å². The van der Waals surface area contributed by atoms with Gasteiger partial charge in [-0.1, -0.05) is 19.3 Å². The van der Waals surface area contributed by atoms with Crippen molar-refractivity contribution in [2.24, 2.45) is 5.41 Å². The van der Waals surface area contributed by atoms with E-state index in [2.05, 4.69) is 10.7 Å². The van der Waals surface area contributed by atoms with E-state index in [4.69, 9.17) is 18.1 Å². The molecule has 0 aromatic carbocycles. The first-order chi connectivity index (χ1) is 5.66. The lowest BCUT2D eigenvalue weighted by atomic mass is 9.88. The highest BCUT2D eigenvalue weighted by Gasteiger charge is 2.36. The zero-order valence-electron chi connectivity index (χ0n) is 6.63. The maximum Gasteiger partial charge on any atom is 0.352 e. The lowest BCUT2D eigenvalue weighted by Gasteiger charge is -2.12. The number of esters is 1. The minimum atomic E-state index is -1.54. The van der Waals surface area contributed by atoms with E-state index in [0.717, 1.165) is 0 Å². The smallest absolute Gasteiger partial charge is 0.352 e. The zero-order chi connectivity index (χ0) is 9.61. The van der Waals surface area contributed by atoms with Crippen LogP contribution in [-0.2, 0) is 9.53 Å². The Morgan fingerprint density at radius 3 is 2.50 bits per heavy atom. The molecule has 0 rings (SSSR count). The molecule has 0 heterocycles. The van der Waals surface area contributed by atoms with Gasteiger partial charge >= 0.3 is 5.97 Å². The van der Waals surface area contributed by atoms with Crippen molar-refractivity contribution in [3.8, 4) is 30.9 Å². The molecule has 0 aromatic heterocycles. The van der Waals surface area contributed by atoms with E-state index >= 15 is 0 Å². The summed E-state index contributed by atoms with van der Waals surface area (Å²) in [7, 11) is 0. The third-order valence-corrected chi connectivity index (χ3v) is 1.47. The topological polar surface area (TPSA) is 50.1 Å². The first-order valence-corrected chi connectivity index (χ1v) is 3.22. The fourth-order valence-corrected chi connectivity index (χ4v) is 0.603. The molecular weight excluding hydrogens is 154 g/mol. The summed E-state index contributed by atoms with van der Waals surface area (Å²) in [6, 6.07) is 1.69. The zero-order valence-corrected chi connectivity index (χ0v) is 6.63. The maximum atomic E-state index is 11.0. The van der Waals surface area contributed by atoms with E-state index in [1.54, 1.807) is 19.1 Å². The molecule has 3 nitrogen and oxygen atoms in total. The minimum Gasteiger partial charge on any atom is -0.370 e. The summed E-state index contributed by atoms with van der Waals surface area (Å²) < 4.78 is 4.20. The average Bonchev–Trinajstić information content (AvgIpc) is 2.09. The molecule has 0 radical (unpaired) electrons. The van der Waals surface area contributed by atoms with Gasteiger partial charge in [0.25, 0.3) is 0 Å². The fraction of sp³-hybridized carbons (Fsp3) is 0.333. The molecule has 0 aliphatic rings. The molecule has 0 aliphatic carbocycles. The number of hydrogen-bond acceptors (Lipinski definition) is 3. The Bertz CT molecular complexity index is 284. The van der Waals surface area contributed by atoms with Gasteiger partial charge < -0.3 is 4.74 Å². The number of rotatable bonds is 2. The Labute approximate surface area is 71.3 Å². The highest BCUT2D eigenvalue weighted by atomic mass is 16.5. The maximum absolute atomic E-state index is 11.0. The summed E-state index contributed by atoms with van der Waals surface area (Å²) in [4.78, 5) is 11.0. The highest BCUT2D eigenvalue weighted by molar-refractivity contribution is 5.84. The van der Waals surface area contributed by atoms with Crippen molar-refractivity contribution in [2.45, 2.75) is 13.3 Å². The molecule has 0 aromatic rings. The quantitative estimate of drug-likeness (QED) is 0.442. The number of hydrogen-bond donors (Lipinski definition) is 0. The van der Waals surface area contributed by atoms with E-state index < -0.39 is 11.4 Å². The normalized spacial score (nSPS) is 12.8. The molecule has 0 N–H and O–H groups in total. The van der Waals surface area contributed by atoms with E-state index in [1.165, 1.54) is 0 Å². The van der Waals surface area contributed by atoms with Gasteiger partial charge in [0.05, 0.1) is 6.07 Å². The number of terminal acetylenes is 2. The molecule has 3 heteroatoms. The van der Waals surface area contributed by atoms with Crippen LogP contribution in [0, 0.1) is 41.6 Å². The molecule has 1 unspecified atom stereocenters. The Hall–Kier alpha value is -1.92. The lowest BCUT2D eigenvalue weighted by Crippen LogP contribution is -2.28. The van der Waals surface area contributed by atoms with Gasteiger partial charge in [0.1, 0.15) is 6.11 Å². The number of nitriles is 1. The van der Waals surface area contributed by atoms with Crippen LogP contribution in [0.3, 0.4) is 0 Å². The van der Waals surface area contributed by atoms with Gasteiger partial charge in [0.15, 0.2) is 0 Å². The summed E-state index contributed by atoms with van der Waals surface area (Å²) in [5, 5.41) is 8.61. The lowest BCUT2D eigenvalue weighted by molar-refractivity contribution is -0.142. The number of nitrogens with zero attached hydrogens (tertiary/aromatic N) is 1. The van der Waals surface area contributed by atoms with Crippen LogP contribution in [0.4, 0.5) is 0 Å². The van der Waals surface area contributed by atoms with Gasteiger partial charge in [-0.2, -0.15) is 5.26 Å². The molecule has 0 fully saturated rings. The van der Waals surface area contributed by atoms with Gasteiger partial charge in [-0.15, -0.1) is 6.42 Å². The Morgan fingerprint density at radius 2 is 2.25 bits per heavy atom. The summed E-state index contributed by atoms with van der Waals surface area (Å²) in [6.07, 6.45) is 11.6. The molecular formula is C9H7NO2. The predicted octanol–water partition coefficient (Wildman–Crippen LogP) is 0.673.